The average molecular weight is 210 g/mol. The highest BCUT2D eigenvalue weighted by atomic mass is 16.2. The van der Waals surface area contributed by atoms with Crippen LogP contribution in [-0.2, 0) is 4.79 Å². The quantitative estimate of drug-likeness (QED) is 0.714. The Bertz CT molecular complexity index is 263. The summed E-state index contributed by atoms with van der Waals surface area (Å²) in [7, 11) is 0. The number of nitrogens with zero attached hydrogens (tertiary/aromatic N) is 1. The van der Waals surface area contributed by atoms with Crippen LogP contribution in [0.3, 0.4) is 0 Å². The van der Waals surface area contributed by atoms with E-state index in [1.54, 1.807) is 0 Å². The Balaban J connectivity index is 2.71. The number of hydrogen-bond acceptors (Lipinski definition) is 2. The van der Waals surface area contributed by atoms with Crippen molar-refractivity contribution in [2.75, 3.05) is 19.6 Å². The fourth-order valence-corrected chi connectivity index (χ4v) is 1.72. The molecule has 3 heteroatoms. The van der Waals surface area contributed by atoms with Gasteiger partial charge in [0.15, 0.2) is 0 Å². The zero-order valence-corrected chi connectivity index (χ0v) is 10.3. The molecule has 1 amide bonds. The summed E-state index contributed by atoms with van der Waals surface area (Å²) in [5.41, 5.74) is 2.21. The van der Waals surface area contributed by atoms with Gasteiger partial charge in [0.25, 0.3) is 0 Å². The lowest BCUT2D eigenvalue weighted by molar-refractivity contribution is -0.128. The van der Waals surface area contributed by atoms with Gasteiger partial charge in [-0.2, -0.15) is 0 Å². The van der Waals surface area contributed by atoms with Gasteiger partial charge >= 0.3 is 0 Å². The Morgan fingerprint density at radius 2 is 2.07 bits per heavy atom. The molecule has 3 nitrogen and oxygen atoms in total. The van der Waals surface area contributed by atoms with Gasteiger partial charge in [0.1, 0.15) is 0 Å². The molecule has 1 saturated heterocycles. The van der Waals surface area contributed by atoms with Crippen molar-refractivity contribution in [2.24, 2.45) is 0 Å². The third kappa shape index (κ3) is 2.81. The van der Waals surface area contributed by atoms with Crippen molar-refractivity contribution in [3.05, 3.63) is 11.1 Å². The third-order valence-corrected chi connectivity index (χ3v) is 2.88. The van der Waals surface area contributed by atoms with E-state index in [0.717, 1.165) is 31.6 Å². The number of nitrogens with one attached hydrogen (secondary N) is 1. The highest BCUT2D eigenvalue weighted by Gasteiger charge is 2.22. The highest BCUT2D eigenvalue weighted by Crippen LogP contribution is 2.14. The molecule has 0 unspecified atom stereocenters. The maximum absolute atomic E-state index is 12.1. The zero-order valence-electron chi connectivity index (χ0n) is 10.3. The summed E-state index contributed by atoms with van der Waals surface area (Å²) in [5.74, 6) is 0.211. The molecule has 0 aromatic rings. The van der Waals surface area contributed by atoms with Crippen molar-refractivity contribution < 1.29 is 4.79 Å². The normalized spacial score (nSPS) is 15.1. The molecule has 1 aliphatic heterocycles. The van der Waals surface area contributed by atoms with E-state index in [4.69, 9.17) is 0 Å². The second-order valence-corrected chi connectivity index (χ2v) is 4.42. The molecule has 0 aromatic heterocycles. The first-order valence-corrected chi connectivity index (χ1v) is 5.78. The predicted octanol–water partition coefficient (Wildman–Crippen LogP) is 1.55. The Hall–Kier alpha value is -0.830. The Kier molecular flexibility index (Phi) is 4.33. The fourth-order valence-electron chi connectivity index (χ4n) is 1.72. The van der Waals surface area contributed by atoms with E-state index < -0.39 is 0 Å². The lowest BCUT2D eigenvalue weighted by Crippen LogP contribution is -2.41. The molecular weight excluding hydrogens is 188 g/mol. The molecule has 1 heterocycles. The summed E-state index contributed by atoms with van der Waals surface area (Å²) in [4.78, 5) is 14.1. The van der Waals surface area contributed by atoms with E-state index in [-0.39, 0.29) is 5.91 Å². The largest absolute Gasteiger partial charge is 0.337 e. The van der Waals surface area contributed by atoms with Crippen molar-refractivity contribution >= 4 is 5.91 Å². The SMILES string of the molecule is CCCN(C(=O)C(C)=C1CNC1)C(C)C. The minimum Gasteiger partial charge on any atom is -0.337 e. The van der Waals surface area contributed by atoms with E-state index in [9.17, 15) is 4.79 Å². The predicted molar refractivity (Wildman–Crippen MR) is 62.7 cm³/mol. The van der Waals surface area contributed by atoms with Crippen LogP contribution >= 0.6 is 0 Å². The maximum atomic E-state index is 12.1. The number of rotatable bonds is 4. The first-order valence-electron chi connectivity index (χ1n) is 5.78. The summed E-state index contributed by atoms with van der Waals surface area (Å²) < 4.78 is 0. The summed E-state index contributed by atoms with van der Waals surface area (Å²) in [6, 6.07) is 0.293. The van der Waals surface area contributed by atoms with Crippen LogP contribution < -0.4 is 5.32 Å². The molecule has 0 atom stereocenters. The Morgan fingerprint density at radius 1 is 1.47 bits per heavy atom. The van der Waals surface area contributed by atoms with Crippen molar-refractivity contribution in [3.63, 3.8) is 0 Å². The molecule has 0 bridgehead atoms. The first-order chi connectivity index (χ1) is 7.07. The van der Waals surface area contributed by atoms with Gasteiger partial charge in [0.2, 0.25) is 5.91 Å². The molecule has 1 rings (SSSR count). The van der Waals surface area contributed by atoms with Crippen molar-refractivity contribution in [1.29, 1.82) is 0 Å². The van der Waals surface area contributed by atoms with Crippen LogP contribution in [0.2, 0.25) is 0 Å². The summed E-state index contributed by atoms with van der Waals surface area (Å²) in [5, 5.41) is 3.17. The number of carbonyl (C=O) groups is 1. The van der Waals surface area contributed by atoms with Gasteiger partial charge in [0.05, 0.1) is 0 Å². The van der Waals surface area contributed by atoms with Gasteiger partial charge in [-0.3, -0.25) is 4.79 Å². The first kappa shape index (κ1) is 12.2. The lowest BCUT2D eigenvalue weighted by Gasteiger charge is -2.29. The minimum absolute atomic E-state index is 0.211. The Labute approximate surface area is 92.5 Å². The molecule has 1 N–H and O–H groups in total. The summed E-state index contributed by atoms with van der Waals surface area (Å²) >= 11 is 0. The maximum Gasteiger partial charge on any atom is 0.249 e. The van der Waals surface area contributed by atoms with Crippen LogP contribution in [0.4, 0.5) is 0 Å². The molecule has 1 aliphatic rings. The molecule has 0 aliphatic carbocycles. The van der Waals surface area contributed by atoms with E-state index >= 15 is 0 Å². The van der Waals surface area contributed by atoms with Crippen LogP contribution in [0.15, 0.2) is 11.1 Å². The molecule has 1 fully saturated rings. The van der Waals surface area contributed by atoms with Crippen molar-refractivity contribution in [2.45, 2.75) is 40.2 Å². The van der Waals surface area contributed by atoms with E-state index in [1.165, 1.54) is 5.57 Å². The van der Waals surface area contributed by atoms with Crippen molar-refractivity contribution in [1.82, 2.24) is 10.2 Å². The smallest absolute Gasteiger partial charge is 0.249 e. The second-order valence-electron chi connectivity index (χ2n) is 4.42. The monoisotopic (exact) mass is 210 g/mol. The number of carbonyl (C=O) groups excluding carboxylic acids is 1. The second kappa shape index (κ2) is 5.31. The van der Waals surface area contributed by atoms with Gasteiger partial charge in [-0.25, -0.2) is 0 Å². The van der Waals surface area contributed by atoms with Gasteiger partial charge in [-0.1, -0.05) is 6.92 Å². The van der Waals surface area contributed by atoms with E-state index in [1.807, 2.05) is 11.8 Å². The van der Waals surface area contributed by atoms with Gasteiger partial charge in [-0.15, -0.1) is 0 Å². The third-order valence-electron chi connectivity index (χ3n) is 2.88. The van der Waals surface area contributed by atoms with Crippen LogP contribution in [0.1, 0.15) is 34.1 Å². The molecule has 0 aromatic carbocycles. The highest BCUT2D eigenvalue weighted by molar-refractivity contribution is 5.94. The van der Waals surface area contributed by atoms with Crippen LogP contribution in [0, 0.1) is 0 Å². The topological polar surface area (TPSA) is 32.3 Å². The molecule has 0 spiro atoms. The van der Waals surface area contributed by atoms with E-state index in [2.05, 4.69) is 26.1 Å². The zero-order chi connectivity index (χ0) is 11.4. The standard InChI is InChI=1S/C12H22N2O/c1-5-6-14(9(2)3)12(15)10(4)11-7-13-8-11/h9,13H,5-8H2,1-4H3. The molecule has 15 heavy (non-hydrogen) atoms. The molecular formula is C12H22N2O. The van der Waals surface area contributed by atoms with E-state index in [0.29, 0.717) is 6.04 Å². The number of amides is 1. The van der Waals surface area contributed by atoms with Crippen LogP contribution in [0.25, 0.3) is 0 Å². The summed E-state index contributed by atoms with van der Waals surface area (Å²) in [6.45, 7) is 10.8. The van der Waals surface area contributed by atoms with Crippen molar-refractivity contribution in [3.8, 4) is 0 Å². The van der Waals surface area contributed by atoms with Gasteiger partial charge in [0, 0.05) is 31.2 Å². The van der Waals surface area contributed by atoms with Crippen LogP contribution in [-0.4, -0.2) is 36.5 Å². The average Bonchev–Trinajstić information content (AvgIpc) is 2.09. The molecule has 86 valence electrons. The Morgan fingerprint density at radius 3 is 2.40 bits per heavy atom. The van der Waals surface area contributed by atoms with Crippen LogP contribution in [0.5, 0.6) is 0 Å². The molecule has 0 radical (unpaired) electrons. The number of hydrogen-bond donors (Lipinski definition) is 1. The fraction of sp³-hybridized carbons (Fsp3) is 0.750. The lowest BCUT2D eigenvalue weighted by atomic mass is 10.0. The summed E-state index contributed by atoms with van der Waals surface area (Å²) in [6.07, 6.45) is 1.02. The van der Waals surface area contributed by atoms with Gasteiger partial charge < -0.3 is 10.2 Å². The minimum atomic E-state index is 0.211. The van der Waals surface area contributed by atoms with Gasteiger partial charge in [-0.05, 0) is 32.8 Å². The molecule has 0 saturated carbocycles.